The first-order valence-corrected chi connectivity index (χ1v) is 9.19. The van der Waals surface area contributed by atoms with Crippen LogP contribution in [0.2, 0.25) is 5.02 Å². The number of benzene rings is 2. The lowest BCUT2D eigenvalue weighted by Gasteiger charge is -2.30. The summed E-state index contributed by atoms with van der Waals surface area (Å²) in [5, 5.41) is 3.66. The molecular formula is C20H24ClN3O. The largest absolute Gasteiger partial charge is 0.399 e. The topological polar surface area (TPSA) is 58.4 Å². The molecule has 2 aromatic carbocycles. The summed E-state index contributed by atoms with van der Waals surface area (Å²) in [4.78, 5) is 14.8. The highest BCUT2D eigenvalue weighted by molar-refractivity contribution is 6.31. The van der Waals surface area contributed by atoms with E-state index in [1.807, 2.05) is 42.5 Å². The van der Waals surface area contributed by atoms with E-state index in [0.29, 0.717) is 17.9 Å². The van der Waals surface area contributed by atoms with Crippen molar-refractivity contribution in [2.45, 2.75) is 32.1 Å². The zero-order chi connectivity index (χ0) is 17.6. The molecule has 1 heterocycles. The van der Waals surface area contributed by atoms with Gasteiger partial charge < -0.3 is 16.0 Å². The fraction of sp³-hybridized carbons (Fsp3) is 0.350. The van der Waals surface area contributed by atoms with Crippen molar-refractivity contribution in [3.05, 3.63) is 53.1 Å². The number of hydrogen-bond acceptors (Lipinski definition) is 3. The molecule has 0 unspecified atom stereocenters. The van der Waals surface area contributed by atoms with Gasteiger partial charge in [-0.15, -0.1) is 0 Å². The third kappa shape index (κ3) is 4.67. The number of halogens is 1. The molecule has 1 saturated heterocycles. The molecule has 0 radical (unpaired) electrons. The summed E-state index contributed by atoms with van der Waals surface area (Å²) in [6, 6.07) is 13.4. The van der Waals surface area contributed by atoms with Gasteiger partial charge in [-0.3, -0.25) is 4.79 Å². The standard InChI is InChI=1S/C20H24ClN3O/c21-16-9-10-19(24-12-4-1-5-13-24)18(14-16)23-20(25)11-8-15-6-2-3-7-17(15)22/h2-3,6-7,9-10,14H,1,4-5,8,11-13,22H2,(H,23,25). The van der Waals surface area contributed by atoms with Crippen LogP contribution in [0.3, 0.4) is 0 Å². The van der Waals surface area contributed by atoms with Crippen molar-refractivity contribution in [2.75, 3.05) is 29.0 Å². The van der Waals surface area contributed by atoms with Crippen molar-refractivity contribution in [1.29, 1.82) is 0 Å². The molecule has 0 aliphatic carbocycles. The molecule has 2 aromatic rings. The summed E-state index contributed by atoms with van der Waals surface area (Å²) in [6.07, 6.45) is 4.65. The summed E-state index contributed by atoms with van der Waals surface area (Å²) in [5.74, 6) is -0.0243. The number of anilines is 3. The van der Waals surface area contributed by atoms with Crippen molar-refractivity contribution < 1.29 is 4.79 Å². The maximum absolute atomic E-state index is 12.4. The molecule has 1 aliphatic heterocycles. The molecule has 0 spiro atoms. The van der Waals surface area contributed by atoms with Crippen molar-refractivity contribution in [3.8, 4) is 0 Å². The number of aryl methyl sites for hydroxylation is 1. The summed E-state index contributed by atoms with van der Waals surface area (Å²) in [7, 11) is 0. The number of nitrogens with two attached hydrogens (primary N) is 1. The van der Waals surface area contributed by atoms with Crippen molar-refractivity contribution in [3.63, 3.8) is 0 Å². The average molecular weight is 358 g/mol. The van der Waals surface area contributed by atoms with Crippen LogP contribution in [0.4, 0.5) is 17.1 Å². The SMILES string of the molecule is Nc1ccccc1CCC(=O)Nc1cc(Cl)ccc1N1CCCCC1. The monoisotopic (exact) mass is 357 g/mol. The third-order valence-electron chi connectivity index (χ3n) is 4.61. The molecule has 0 atom stereocenters. The Morgan fingerprint density at radius 3 is 2.64 bits per heavy atom. The number of carbonyl (C=O) groups is 1. The normalized spacial score (nSPS) is 14.4. The van der Waals surface area contributed by atoms with Crippen LogP contribution in [-0.4, -0.2) is 19.0 Å². The molecule has 25 heavy (non-hydrogen) atoms. The smallest absolute Gasteiger partial charge is 0.224 e. The van der Waals surface area contributed by atoms with Gasteiger partial charge in [-0.25, -0.2) is 0 Å². The van der Waals surface area contributed by atoms with Crippen molar-refractivity contribution in [2.24, 2.45) is 0 Å². The van der Waals surface area contributed by atoms with Crippen LogP contribution in [0.15, 0.2) is 42.5 Å². The van der Waals surface area contributed by atoms with Gasteiger partial charge in [-0.1, -0.05) is 29.8 Å². The van der Waals surface area contributed by atoms with E-state index in [-0.39, 0.29) is 5.91 Å². The first-order valence-electron chi connectivity index (χ1n) is 8.81. The minimum Gasteiger partial charge on any atom is -0.399 e. The van der Waals surface area contributed by atoms with Gasteiger partial charge in [-0.05, 0) is 55.5 Å². The Kier molecular flexibility index (Phi) is 5.82. The maximum atomic E-state index is 12.4. The number of rotatable bonds is 5. The lowest BCUT2D eigenvalue weighted by molar-refractivity contribution is -0.116. The zero-order valence-corrected chi connectivity index (χ0v) is 15.1. The Hall–Kier alpha value is -2.20. The van der Waals surface area contributed by atoms with Gasteiger partial charge in [0.2, 0.25) is 5.91 Å². The highest BCUT2D eigenvalue weighted by Gasteiger charge is 2.16. The number of para-hydroxylation sites is 1. The molecule has 0 saturated carbocycles. The summed E-state index contributed by atoms with van der Waals surface area (Å²) in [5.41, 5.74) is 9.52. The van der Waals surface area contributed by atoms with Crippen LogP contribution in [-0.2, 0) is 11.2 Å². The molecular weight excluding hydrogens is 334 g/mol. The van der Waals surface area contributed by atoms with E-state index in [1.54, 1.807) is 0 Å². The number of carbonyl (C=O) groups excluding carboxylic acids is 1. The lowest BCUT2D eigenvalue weighted by atomic mass is 10.1. The van der Waals surface area contributed by atoms with Crippen molar-refractivity contribution >= 4 is 34.6 Å². The summed E-state index contributed by atoms with van der Waals surface area (Å²) in [6.45, 7) is 2.04. The number of nitrogens with zero attached hydrogens (tertiary/aromatic N) is 1. The molecule has 0 bridgehead atoms. The Morgan fingerprint density at radius 1 is 1.12 bits per heavy atom. The predicted octanol–water partition coefficient (Wildman–Crippen LogP) is 4.48. The number of nitrogen functional groups attached to an aromatic ring is 1. The highest BCUT2D eigenvalue weighted by Crippen LogP contribution is 2.31. The Morgan fingerprint density at radius 2 is 1.88 bits per heavy atom. The van der Waals surface area contributed by atoms with Crippen molar-refractivity contribution in [1.82, 2.24) is 0 Å². The van der Waals surface area contributed by atoms with Crippen LogP contribution in [0.5, 0.6) is 0 Å². The van der Waals surface area contributed by atoms with Gasteiger partial charge >= 0.3 is 0 Å². The fourth-order valence-corrected chi connectivity index (χ4v) is 3.41. The molecule has 132 valence electrons. The number of hydrogen-bond donors (Lipinski definition) is 2. The van der Waals surface area contributed by atoms with Crippen LogP contribution < -0.4 is 16.0 Å². The first-order chi connectivity index (χ1) is 12.1. The van der Waals surface area contributed by atoms with E-state index in [9.17, 15) is 4.79 Å². The van der Waals surface area contributed by atoms with Crippen LogP contribution >= 0.6 is 11.6 Å². The lowest BCUT2D eigenvalue weighted by Crippen LogP contribution is -2.30. The van der Waals surface area contributed by atoms with E-state index in [0.717, 1.165) is 35.7 Å². The fourth-order valence-electron chi connectivity index (χ4n) is 3.24. The number of nitrogens with one attached hydrogen (secondary N) is 1. The van der Waals surface area contributed by atoms with Crippen LogP contribution in [0, 0.1) is 0 Å². The van der Waals surface area contributed by atoms with E-state index in [2.05, 4.69) is 10.2 Å². The molecule has 4 nitrogen and oxygen atoms in total. The minimum absolute atomic E-state index is 0.0243. The molecule has 0 aromatic heterocycles. The molecule has 1 amide bonds. The van der Waals surface area contributed by atoms with Gasteiger partial charge in [-0.2, -0.15) is 0 Å². The first kappa shape index (κ1) is 17.6. The van der Waals surface area contributed by atoms with Crippen LogP contribution in [0.25, 0.3) is 0 Å². The third-order valence-corrected chi connectivity index (χ3v) is 4.84. The van der Waals surface area contributed by atoms with E-state index in [4.69, 9.17) is 17.3 Å². The molecule has 5 heteroatoms. The second-order valence-corrected chi connectivity index (χ2v) is 6.89. The zero-order valence-electron chi connectivity index (χ0n) is 14.3. The second kappa shape index (κ2) is 8.26. The average Bonchev–Trinajstić information content (AvgIpc) is 2.62. The molecule has 3 rings (SSSR count). The Balaban J connectivity index is 1.68. The Bertz CT molecular complexity index is 741. The van der Waals surface area contributed by atoms with E-state index < -0.39 is 0 Å². The minimum atomic E-state index is -0.0243. The van der Waals surface area contributed by atoms with Gasteiger partial charge in [0.25, 0.3) is 0 Å². The molecule has 1 aliphatic rings. The predicted molar refractivity (Wildman–Crippen MR) is 105 cm³/mol. The van der Waals surface area contributed by atoms with Gasteiger partial charge in [0.1, 0.15) is 0 Å². The highest BCUT2D eigenvalue weighted by atomic mass is 35.5. The van der Waals surface area contributed by atoms with E-state index >= 15 is 0 Å². The second-order valence-electron chi connectivity index (χ2n) is 6.46. The quantitative estimate of drug-likeness (QED) is 0.775. The molecule has 1 fully saturated rings. The summed E-state index contributed by atoms with van der Waals surface area (Å²) < 4.78 is 0. The molecule has 3 N–H and O–H groups in total. The van der Waals surface area contributed by atoms with Gasteiger partial charge in [0, 0.05) is 30.2 Å². The number of piperidine rings is 1. The van der Waals surface area contributed by atoms with E-state index in [1.165, 1.54) is 19.3 Å². The Labute approximate surface area is 154 Å². The number of amides is 1. The van der Waals surface area contributed by atoms with Crippen LogP contribution in [0.1, 0.15) is 31.2 Å². The van der Waals surface area contributed by atoms with Gasteiger partial charge in [0.15, 0.2) is 0 Å². The summed E-state index contributed by atoms with van der Waals surface area (Å²) >= 11 is 6.15. The van der Waals surface area contributed by atoms with Gasteiger partial charge in [0.05, 0.1) is 11.4 Å². The maximum Gasteiger partial charge on any atom is 0.224 e.